The van der Waals surface area contributed by atoms with Crippen LogP contribution >= 0.6 is 11.3 Å². The second-order valence-electron chi connectivity index (χ2n) is 3.65. The molecule has 0 bridgehead atoms. The lowest BCUT2D eigenvalue weighted by molar-refractivity contribution is 0.163. The Morgan fingerprint density at radius 1 is 1.57 bits per heavy atom. The molecule has 14 heavy (non-hydrogen) atoms. The third-order valence-electron chi connectivity index (χ3n) is 2.26. The van der Waals surface area contributed by atoms with Crippen LogP contribution in [0.3, 0.4) is 0 Å². The molecule has 0 saturated heterocycles. The number of aliphatic hydroxyl groups is 1. The topological polar surface area (TPSA) is 32.3 Å². The van der Waals surface area contributed by atoms with Crippen LogP contribution in [0.5, 0.6) is 0 Å². The molecule has 0 aliphatic heterocycles. The van der Waals surface area contributed by atoms with Gasteiger partial charge in [-0.05, 0) is 31.2 Å². The van der Waals surface area contributed by atoms with Crippen LogP contribution in [0.4, 0.5) is 0 Å². The van der Waals surface area contributed by atoms with Crippen molar-refractivity contribution in [2.45, 2.75) is 38.8 Å². The molecule has 0 saturated carbocycles. The smallest absolute Gasteiger partial charge is 0.0662 e. The van der Waals surface area contributed by atoms with Gasteiger partial charge in [0.05, 0.1) is 6.10 Å². The fourth-order valence-electron chi connectivity index (χ4n) is 1.28. The quantitative estimate of drug-likeness (QED) is 0.758. The summed E-state index contributed by atoms with van der Waals surface area (Å²) in [4.78, 5) is 1.40. The summed E-state index contributed by atoms with van der Waals surface area (Å²) in [6.45, 7) is 4.85. The van der Waals surface area contributed by atoms with Crippen LogP contribution in [-0.2, 0) is 6.42 Å². The number of hydrogen-bond acceptors (Lipinski definition) is 3. The summed E-state index contributed by atoms with van der Waals surface area (Å²) >= 11 is 1.79. The lowest BCUT2D eigenvalue weighted by atomic mass is 10.2. The van der Waals surface area contributed by atoms with Gasteiger partial charge in [0, 0.05) is 17.5 Å². The Morgan fingerprint density at radius 3 is 2.93 bits per heavy atom. The van der Waals surface area contributed by atoms with Crippen LogP contribution in [0.15, 0.2) is 17.5 Å². The van der Waals surface area contributed by atoms with Crippen molar-refractivity contribution in [2.75, 3.05) is 6.54 Å². The molecule has 0 radical (unpaired) electrons. The van der Waals surface area contributed by atoms with E-state index in [9.17, 15) is 5.11 Å². The van der Waals surface area contributed by atoms with Crippen molar-refractivity contribution < 1.29 is 5.11 Å². The minimum Gasteiger partial charge on any atom is -0.392 e. The van der Waals surface area contributed by atoms with E-state index in [-0.39, 0.29) is 6.10 Å². The van der Waals surface area contributed by atoms with Crippen molar-refractivity contribution in [3.05, 3.63) is 22.4 Å². The minimum absolute atomic E-state index is 0.208. The van der Waals surface area contributed by atoms with Crippen LogP contribution in [0.25, 0.3) is 0 Å². The second kappa shape index (κ2) is 6.17. The van der Waals surface area contributed by atoms with Crippen LogP contribution in [-0.4, -0.2) is 23.8 Å². The van der Waals surface area contributed by atoms with Gasteiger partial charge in [-0.15, -0.1) is 11.3 Å². The molecular weight excluding hydrogens is 194 g/mol. The number of hydrogen-bond donors (Lipinski definition) is 2. The van der Waals surface area contributed by atoms with E-state index in [0.717, 1.165) is 12.8 Å². The maximum Gasteiger partial charge on any atom is 0.0662 e. The number of aliphatic hydroxyl groups excluding tert-OH is 1. The summed E-state index contributed by atoms with van der Waals surface area (Å²) in [6.07, 6.45) is 1.66. The first-order valence-corrected chi connectivity index (χ1v) is 6.04. The number of thiophene rings is 1. The molecule has 0 aromatic carbocycles. The van der Waals surface area contributed by atoms with Crippen LogP contribution in [0, 0.1) is 0 Å². The van der Waals surface area contributed by atoms with Gasteiger partial charge in [0.25, 0.3) is 0 Å². The highest BCUT2D eigenvalue weighted by molar-refractivity contribution is 7.09. The zero-order valence-corrected chi connectivity index (χ0v) is 9.68. The van der Waals surface area contributed by atoms with Crippen molar-refractivity contribution in [3.8, 4) is 0 Å². The Kier molecular flexibility index (Phi) is 5.15. The predicted octanol–water partition coefficient (Wildman–Crippen LogP) is 2.04. The first-order valence-electron chi connectivity index (χ1n) is 5.16. The van der Waals surface area contributed by atoms with Crippen molar-refractivity contribution in [2.24, 2.45) is 0 Å². The zero-order valence-electron chi connectivity index (χ0n) is 8.86. The summed E-state index contributed by atoms with van der Waals surface area (Å²) < 4.78 is 0. The fraction of sp³-hybridized carbons (Fsp3) is 0.636. The molecule has 2 N–H and O–H groups in total. The maximum atomic E-state index is 9.37. The van der Waals surface area contributed by atoms with Gasteiger partial charge in [-0.3, -0.25) is 0 Å². The summed E-state index contributed by atoms with van der Waals surface area (Å²) in [5, 5.41) is 14.8. The highest BCUT2D eigenvalue weighted by Crippen LogP contribution is 2.10. The van der Waals surface area contributed by atoms with Gasteiger partial charge in [0.15, 0.2) is 0 Å². The lowest BCUT2D eigenvalue weighted by Crippen LogP contribution is -2.34. The van der Waals surface area contributed by atoms with Gasteiger partial charge >= 0.3 is 0 Å². The maximum absolute atomic E-state index is 9.37. The first kappa shape index (κ1) is 11.7. The van der Waals surface area contributed by atoms with Gasteiger partial charge in [0.1, 0.15) is 0 Å². The standard InChI is InChI=1S/C11H19NOS/c1-3-10(13)8-12-9(2)7-11-5-4-6-14-11/h4-6,9-10,12-13H,3,7-8H2,1-2H3. The molecule has 0 aliphatic rings. The largest absolute Gasteiger partial charge is 0.392 e. The van der Waals surface area contributed by atoms with Crippen molar-refractivity contribution in [1.82, 2.24) is 5.32 Å². The Bertz CT molecular complexity index is 235. The molecule has 0 fully saturated rings. The van der Waals surface area contributed by atoms with Crippen molar-refractivity contribution in [1.29, 1.82) is 0 Å². The molecule has 2 unspecified atom stereocenters. The molecule has 1 aromatic rings. The lowest BCUT2D eigenvalue weighted by Gasteiger charge is -2.15. The molecule has 2 nitrogen and oxygen atoms in total. The van der Waals surface area contributed by atoms with E-state index in [1.807, 2.05) is 6.92 Å². The van der Waals surface area contributed by atoms with E-state index in [1.54, 1.807) is 11.3 Å². The molecule has 1 rings (SSSR count). The van der Waals surface area contributed by atoms with Gasteiger partial charge in [-0.25, -0.2) is 0 Å². The molecule has 0 amide bonds. The van der Waals surface area contributed by atoms with E-state index in [1.165, 1.54) is 4.88 Å². The Balaban J connectivity index is 2.19. The SMILES string of the molecule is CCC(O)CNC(C)Cc1cccs1. The van der Waals surface area contributed by atoms with Crippen LogP contribution in [0.1, 0.15) is 25.1 Å². The zero-order chi connectivity index (χ0) is 10.4. The molecule has 1 aromatic heterocycles. The highest BCUT2D eigenvalue weighted by atomic mass is 32.1. The highest BCUT2D eigenvalue weighted by Gasteiger charge is 2.06. The van der Waals surface area contributed by atoms with Crippen molar-refractivity contribution in [3.63, 3.8) is 0 Å². The Hall–Kier alpha value is -0.380. The van der Waals surface area contributed by atoms with E-state index in [4.69, 9.17) is 0 Å². The molecule has 3 heteroatoms. The average molecular weight is 213 g/mol. The first-order chi connectivity index (χ1) is 6.72. The fourth-order valence-corrected chi connectivity index (χ4v) is 2.12. The van der Waals surface area contributed by atoms with E-state index >= 15 is 0 Å². The Labute approximate surface area is 90.0 Å². The van der Waals surface area contributed by atoms with E-state index in [0.29, 0.717) is 12.6 Å². The van der Waals surface area contributed by atoms with E-state index < -0.39 is 0 Å². The summed E-state index contributed by atoms with van der Waals surface area (Å²) in [5.74, 6) is 0. The second-order valence-corrected chi connectivity index (χ2v) is 4.69. The van der Waals surface area contributed by atoms with Gasteiger partial charge in [-0.1, -0.05) is 13.0 Å². The van der Waals surface area contributed by atoms with Gasteiger partial charge in [-0.2, -0.15) is 0 Å². The minimum atomic E-state index is -0.208. The third-order valence-corrected chi connectivity index (χ3v) is 3.16. The summed E-state index contributed by atoms with van der Waals surface area (Å²) in [7, 11) is 0. The van der Waals surface area contributed by atoms with Gasteiger partial charge in [0.2, 0.25) is 0 Å². The molecule has 80 valence electrons. The average Bonchev–Trinajstić information content (AvgIpc) is 2.66. The molecule has 1 heterocycles. The molecule has 2 atom stereocenters. The van der Waals surface area contributed by atoms with Crippen LogP contribution < -0.4 is 5.32 Å². The number of rotatable bonds is 6. The normalized spacial score (nSPS) is 15.4. The molecule has 0 aliphatic carbocycles. The predicted molar refractivity (Wildman–Crippen MR) is 61.8 cm³/mol. The molecular formula is C11H19NOS. The third kappa shape index (κ3) is 4.22. The summed E-state index contributed by atoms with van der Waals surface area (Å²) in [6, 6.07) is 4.67. The van der Waals surface area contributed by atoms with Crippen molar-refractivity contribution >= 4 is 11.3 Å². The number of nitrogens with one attached hydrogen (secondary N) is 1. The van der Waals surface area contributed by atoms with Gasteiger partial charge < -0.3 is 10.4 Å². The summed E-state index contributed by atoms with van der Waals surface area (Å²) in [5.41, 5.74) is 0. The monoisotopic (exact) mass is 213 g/mol. The Morgan fingerprint density at radius 2 is 2.36 bits per heavy atom. The van der Waals surface area contributed by atoms with Crippen LogP contribution in [0.2, 0.25) is 0 Å². The van der Waals surface area contributed by atoms with E-state index in [2.05, 4.69) is 29.8 Å². The molecule has 0 spiro atoms.